The first-order valence-electron chi connectivity index (χ1n) is 8.83. The minimum Gasteiger partial charge on any atom is -0.302 e. The first-order chi connectivity index (χ1) is 13.2. The van der Waals surface area contributed by atoms with Gasteiger partial charge in [0.05, 0.1) is 17.8 Å². The molecule has 0 radical (unpaired) electrons. The van der Waals surface area contributed by atoms with Crippen LogP contribution >= 0.6 is 11.3 Å². The number of halogens is 2. The molecule has 8 heteroatoms. The van der Waals surface area contributed by atoms with Gasteiger partial charge in [0.15, 0.2) is 5.13 Å². The van der Waals surface area contributed by atoms with E-state index < -0.39 is 6.55 Å². The molecule has 5 nitrogen and oxygen atoms in total. The molecule has 1 N–H and O–H groups in total. The van der Waals surface area contributed by atoms with Crippen LogP contribution in [0, 0.1) is 34.6 Å². The Morgan fingerprint density at radius 1 is 1.14 bits per heavy atom. The van der Waals surface area contributed by atoms with Crippen molar-refractivity contribution in [1.82, 2.24) is 14.8 Å². The number of anilines is 1. The van der Waals surface area contributed by atoms with Crippen LogP contribution in [0.2, 0.25) is 0 Å². The Morgan fingerprint density at radius 2 is 1.82 bits per heavy atom. The maximum Gasteiger partial charge on any atom is 0.333 e. The summed E-state index contributed by atoms with van der Waals surface area (Å²) in [6.45, 7) is 6.59. The number of aryl methyl sites for hydroxylation is 4. The molecule has 0 aliphatic rings. The molecule has 0 saturated carbocycles. The summed E-state index contributed by atoms with van der Waals surface area (Å²) >= 11 is 1.34. The number of alkyl halides is 2. The number of nitrogens with one attached hydrogen (secondary N) is 1. The molecule has 0 unspecified atom stereocenters. The summed E-state index contributed by atoms with van der Waals surface area (Å²) in [6.07, 6.45) is -0.0258. The number of carbonyl (C=O) groups is 1. The Morgan fingerprint density at radius 3 is 2.46 bits per heavy atom. The lowest BCUT2D eigenvalue weighted by Crippen LogP contribution is -2.15. The summed E-state index contributed by atoms with van der Waals surface area (Å²) in [5.41, 5.74) is 6.60. The summed E-state index contributed by atoms with van der Waals surface area (Å²) < 4.78 is 26.5. The summed E-state index contributed by atoms with van der Waals surface area (Å²) in [4.78, 5) is 16.9. The van der Waals surface area contributed by atoms with Crippen LogP contribution in [0.1, 0.15) is 40.2 Å². The average Bonchev–Trinajstić information content (AvgIpc) is 3.17. The van der Waals surface area contributed by atoms with Crippen molar-refractivity contribution in [3.8, 4) is 11.3 Å². The number of thiazole rings is 1. The Hall–Kier alpha value is -2.61. The zero-order chi connectivity index (χ0) is 20.6. The molecule has 2 aromatic heterocycles. The molecule has 3 rings (SSSR count). The quantitative estimate of drug-likeness (QED) is 0.642. The van der Waals surface area contributed by atoms with Gasteiger partial charge in [-0.25, -0.2) is 9.67 Å². The van der Waals surface area contributed by atoms with Gasteiger partial charge in [-0.05, 0) is 57.4 Å². The lowest BCUT2D eigenvalue weighted by molar-refractivity contribution is -0.115. The van der Waals surface area contributed by atoms with Gasteiger partial charge in [-0.1, -0.05) is 6.07 Å². The van der Waals surface area contributed by atoms with Gasteiger partial charge >= 0.3 is 6.55 Å². The van der Waals surface area contributed by atoms with Gasteiger partial charge in [0, 0.05) is 22.2 Å². The topological polar surface area (TPSA) is 59.8 Å². The second-order valence-electron chi connectivity index (χ2n) is 6.89. The predicted octanol–water partition coefficient (Wildman–Crippen LogP) is 5.13. The fraction of sp³-hybridized carbons (Fsp3) is 0.350. The van der Waals surface area contributed by atoms with Crippen LogP contribution in [-0.2, 0) is 11.2 Å². The SMILES string of the molecule is Cc1cc(C)c(-c2csc(NC(=O)Cc3c(C)nn(C(F)F)c3C)n2)cc1C. The molecule has 1 amide bonds. The summed E-state index contributed by atoms with van der Waals surface area (Å²) in [5.74, 6) is -0.308. The van der Waals surface area contributed by atoms with Gasteiger partial charge < -0.3 is 5.32 Å². The zero-order valence-electron chi connectivity index (χ0n) is 16.4. The van der Waals surface area contributed by atoms with Gasteiger partial charge in [0.1, 0.15) is 0 Å². The molecule has 0 fully saturated rings. The third kappa shape index (κ3) is 3.96. The summed E-state index contributed by atoms with van der Waals surface area (Å²) in [5, 5.41) is 8.96. The highest BCUT2D eigenvalue weighted by molar-refractivity contribution is 7.14. The molecule has 0 bridgehead atoms. The Bertz CT molecular complexity index is 1040. The van der Waals surface area contributed by atoms with Gasteiger partial charge in [-0.2, -0.15) is 13.9 Å². The number of rotatable bonds is 5. The maximum absolute atomic E-state index is 12.9. The monoisotopic (exact) mass is 404 g/mol. The lowest BCUT2D eigenvalue weighted by Gasteiger charge is -2.07. The minimum absolute atomic E-state index is 0.0258. The van der Waals surface area contributed by atoms with Crippen molar-refractivity contribution in [2.75, 3.05) is 5.32 Å². The number of hydrogen-bond donors (Lipinski definition) is 1. The van der Waals surface area contributed by atoms with Crippen molar-refractivity contribution in [1.29, 1.82) is 0 Å². The molecular formula is C20H22F2N4OS. The van der Waals surface area contributed by atoms with E-state index in [4.69, 9.17) is 0 Å². The number of carbonyl (C=O) groups excluding carboxylic acids is 1. The van der Waals surface area contributed by atoms with E-state index in [-0.39, 0.29) is 12.3 Å². The van der Waals surface area contributed by atoms with Crippen molar-refractivity contribution in [3.63, 3.8) is 0 Å². The van der Waals surface area contributed by atoms with Crippen molar-refractivity contribution >= 4 is 22.4 Å². The number of nitrogens with zero attached hydrogens (tertiary/aromatic N) is 3. The molecule has 1 aromatic carbocycles. The van der Waals surface area contributed by atoms with Gasteiger partial charge in [0.25, 0.3) is 0 Å². The molecule has 0 saturated heterocycles. The number of aromatic nitrogens is 3. The van der Waals surface area contributed by atoms with Crippen molar-refractivity contribution < 1.29 is 13.6 Å². The van der Waals surface area contributed by atoms with Crippen LogP contribution in [0.25, 0.3) is 11.3 Å². The normalized spacial score (nSPS) is 11.3. The van der Waals surface area contributed by atoms with Crippen LogP contribution in [0.4, 0.5) is 13.9 Å². The maximum atomic E-state index is 12.9. The first-order valence-corrected chi connectivity index (χ1v) is 9.71. The lowest BCUT2D eigenvalue weighted by atomic mass is 9.99. The van der Waals surface area contributed by atoms with E-state index >= 15 is 0 Å². The van der Waals surface area contributed by atoms with Gasteiger partial charge in [-0.3, -0.25) is 4.79 Å². The fourth-order valence-corrected chi connectivity index (χ4v) is 3.88. The van der Waals surface area contributed by atoms with Gasteiger partial charge in [0.2, 0.25) is 5.91 Å². The smallest absolute Gasteiger partial charge is 0.302 e. The molecule has 0 aliphatic carbocycles. The predicted molar refractivity (Wildman–Crippen MR) is 107 cm³/mol. The van der Waals surface area contributed by atoms with Crippen LogP contribution in [0.3, 0.4) is 0 Å². The van der Waals surface area contributed by atoms with E-state index in [9.17, 15) is 13.6 Å². The third-order valence-electron chi connectivity index (χ3n) is 4.86. The summed E-state index contributed by atoms with van der Waals surface area (Å²) in [7, 11) is 0. The standard InChI is InChI=1S/C20H22F2N4OS/c1-10-6-12(3)15(7-11(10)2)17-9-28-20(23-17)24-18(27)8-16-13(4)25-26(14(16)5)19(21)22/h6-7,9,19H,8H2,1-5H3,(H,23,24,27). The van der Waals surface area contributed by atoms with Crippen LogP contribution in [0.15, 0.2) is 17.5 Å². The average molecular weight is 404 g/mol. The molecule has 3 aromatic rings. The zero-order valence-corrected chi connectivity index (χ0v) is 17.2. The number of benzene rings is 1. The number of hydrogen-bond acceptors (Lipinski definition) is 4. The molecule has 0 aliphatic heterocycles. The Balaban J connectivity index is 1.76. The second kappa shape index (κ2) is 7.79. The fourth-order valence-electron chi connectivity index (χ4n) is 3.16. The van der Waals surface area contributed by atoms with E-state index in [0.717, 1.165) is 16.8 Å². The first kappa shape index (κ1) is 20.1. The largest absolute Gasteiger partial charge is 0.333 e. The highest BCUT2D eigenvalue weighted by Crippen LogP contribution is 2.29. The molecule has 0 spiro atoms. The van der Waals surface area contributed by atoms with E-state index in [0.29, 0.717) is 26.8 Å². The highest BCUT2D eigenvalue weighted by atomic mass is 32.1. The van der Waals surface area contributed by atoms with E-state index in [1.165, 1.54) is 22.5 Å². The summed E-state index contributed by atoms with van der Waals surface area (Å²) in [6, 6.07) is 4.21. The van der Waals surface area contributed by atoms with Crippen LogP contribution < -0.4 is 5.32 Å². The van der Waals surface area contributed by atoms with E-state index in [1.54, 1.807) is 13.8 Å². The van der Waals surface area contributed by atoms with Crippen molar-refractivity contribution in [2.24, 2.45) is 0 Å². The molecule has 148 valence electrons. The van der Waals surface area contributed by atoms with Gasteiger partial charge in [-0.15, -0.1) is 11.3 Å². The molecule has 2 heterocycles. The molecular weight excluding hydrogens is 382 g/mol. The van der Waals surface area contributed by atoms with E-state index in [1.807, 2.05) is 12.3 Å². The van der Waals surface area contributed by atoms with Crippen LogP contribution in [0.5, 0.6) is 0 Å². The highest BCUT2D eigenvalue weighted by Gasteiger charge is 2.20. The van der Waals surface area contributed by atoms with Crippen molar-refractivity contribution in [3.05, 3.63) is 51.2 Å². The number of amides is 1. The Kier molecular flexibility index (Phi) is 5.60. The van der Waals surface area contributed by atoms with E-state index in [2.05, 4.69) is 41.4 Å². The van der Waals surface area contributed by atoms with Crippen LogP contribution in [-0.4, -0.2) is 20.7 Å². The van der Waals surface area contributed by atoms with Crippen molar-refractivity contribution in [2.45, 2.75) is 47.6 Å². The minimum atomic E-state index is -2.72. The third-order valence-corrected chi connectivity index (χ3v) is 5.62. The second-order valence-corrected chi connectivity index (χ2v) is 7.74. The molecule has 28 heavy (non-hydrogen) atoms. The molecule has 0 atom stereocenters. The Labute approximate surface area is 166 Å².